The highest BCUT2D eigenvalue weighted by Crippen LogP contribution is 2.32. The molecule has 0 aliphatic carbocycles. The molecule has 0 aromatic heterocycles. The number of aldehydes is 1. The maximum absolute atomic E-state index is 12.1. The van der Waals surface area contributed by atoms with Crippen LogP contribution in [0.5, 0.6) is 23.0 Å². The molecule has 0 radical (unpaired) electrons. The number of carbonyl (C=O) groups is 1. The zero-order valence-corrected chi connectivity index (χ0v) is 17.3. The fourth-order valence-electron chi connectivity index (χ4n) is 3.37. The number of methoxy groups -OCH3 is 4. The van der Waals surface area contributed by atoms with E-state index >= 15 is 0 Å². The first-order chi connectivity index (χ1) is 13.9. The van der Waals surface area contributed by atoms with Crippen LogP contribution < -0.4 is 19.9 Å². The third kappa shape index (κ3) is 5.40. The first-order valence-corrected chi connectivity index (χ1v) is 9.21. The van der Waals surface area contributed by atoms with E-state index in [0.717, 1.165) is 17.4 Å². The van der Waals surface area contributed by atoms with Crippen LogP contribution in [-0.2, 0) is 22.4 Å². The molecule has 0 bridgehead atoms. The minimum atomic E-state index is -1.18. The predicted octanol–water partition coefficient (Wildman–Crippen LogP) is 2.36. The average Bonchev–Trinajstić information content (AvgIpc) is 2.74. The first kappa shape index (κ1) is 22.5. The quantitative estimate of drug-likeness (QED) is 0.556. The van der Waals surface area contributed by atoms with Gasteiger partial charge in [-0.1, -0.05) is 12.1 Å². The van der Waals surface area contributed by atoms with Gasteiger partial charge in [-0.25, -0.2) is 0 Å². The Balaban J connectivity index is 2.31. The number of hydrogen-bond donors (Lipinski definition) is 2. The number of carbonyl (C=O) groups excluding carboxylic acids is 1. The van der Waals surface area contributed by atoms with Gasteiger partial charge in [-0.2, -0.15) is 0 Å². The summed E-state index contributed by atoms with van der Waals surface area (Å²) >= 11 is 0. The number of aromatic hydroxyl groups is 1. The fourth-order valence-corrected chi connectivity index (χ4v) is 3.37. The van der Waals surface area contributed by atoms with Crippen molar-refractivity contribution >= 4 is 6.29 Å². The minimum Gasteiger partial charge on any atom is -0.504 e. The average molecular weight is 403 g/mol. The van der Waals surface area contributed by atoms with Crippen molar-refractivity contribution < 1.29 is 28.8 Å². The summed E-state index contributed by atoms with van der Waals surface area (Å²) in [5, 5.41) is 9.80. The van der Waals surface area contributed by atoms with Crippen molar-refractivity contribution in [2.45, 2.75) is 18.4 Å². The van der Waals surface area contributed by atoms with E-state index in [0.29, 0.717) is 30.3 Å². The van der Waals surface area contributed by atoms with E-state index in [9.17, 15) is 9.90 Å². The number of benzene rings is 2. The summed E-state index contributed by atoms with van der Waals surface area (Å²) in [6.07, 6.45) is 1.56. The topological polar surface area (TPSA) is 100 Å². The highest BCUT2D eigenvalue weighted by Gasteiger charge is 2.35. The summed E-state index contributed by atoms with van der Waals surface area (Å²) in [5.74, 6) is 1.31. The first-order valence-electron chi connectivity index (χ1n) is 9.21. The van der Waals surface area contributed by atoms with Gasteiger partial charge in [0.05, 0.1) is 33.5 Å². The lowest BCUT2D eigenvalue weighted by atomic mass is 9.78. The van der Waals surface area contributed by atoms with Gasteiger partial charge in [-0.15, -0.1) is 0 Å². The van der Waals surface area contributed by atoms with E-state index in [1.807, 2.05) is 18.2 Å². The van der Waals surface area contributed by atoms with E-state index in [2.05, 4.69) is 0 Å². The van der Waals surface area contributed by atoms with E-state index in [-0.39, 0.29) is 18.1 Å². The Morgan fingerprint density at radius 3 is 2.17 bits per heavy atom. The highest BCUT2D eigenvalue weighted by atomic mass is 16.5. The molecule has 0 saturated heterocycles. The van der Waals surface area contributed by atoms with Crippen molar-refractivity contribution in [2.24, 2.45) is 11.7 Å². The normalized spacial score (nSPS) is 14.0. The fraction of sp³-hybridized carbons (Fsp3) is 0.409. The van der Waals surface area contributed by atoms with Crippen molar-refractivity contribution in [1.82, 2.24) is 0 Å². The SMILES string of the molecule is COCC(Cc1ccc(OC)c(OC)c1)C(N)(C=O)Cc1ccc(O)c(OC)c1. The third-order valence-electron chi connectivity index (χ3n) is 5.03. The van der Waals surface area contributed by atoms with Crippen LogP contribution in [0.25, 0.3) is 0 Å². The van der Waals surface area contributed by atoms with Gasteiger partial charge in [-0.3, -0.25) is 0 Å². The molecule has 158 valence electrons. The Bertz CT molecular complexity index is 825. The lowest BCUT2D eigenvalue weighted by Crippen LogP contribution is -2.53. The van der Waals surface area contributed by atoms with Gasteiger partial charge in [0.2, 0.25) is 0 Å². The number of ether oxygens (including phenoxy) is 4. The highest BCUT2D eigenvalue weighted by molar-refractivity contribution is 5.66. The number of hydrogen-bond acceptors (Lipinski definition) is 7. The van der Waals surface area contributed by atoms with Gasteiger partial charge in [0.25, 0.3) is 0 Å². The zero-order chi connectivity index (χ0) is 21.4. The standard InChI is InChI=1S/C22H29NO6/c1-26-13-17(9-15-6-8-19(27-2)21(10-15)29-4)22(23,14-24)12-16-5-7-18(25)20(11-16)28-3/h5-8,10-11,14,17,25H,9,12-13,23H2,1-4H3. The zero-order valence-electron chi connectivity index (χ0n) is 17.3. The molecular formula is C22H29NO6. The van der Waals surface area contributed by atoms with Crippen LogP contribution in [0.1, 0.15) is 11.1 Å². The monoisotopic (exact) mass is 403 g/mol. The molecule has 3 N–H and O–H groups in total. The molecule has 0 heterocycles. The van der Waals surface area contributed by atoms with Crippen molar-refractivity contribution in [3.63, 3.8) is 0 Å². The largest absolute Gasteiger partial charge is 0.504 e. The van der Waals surface area contributed by atoms with Crippen LogP contribution in [0.2, 0.25) is 0 Å². The van der Waals surface area contributed by atoms with Crippen molar-refractivity contribution in [3.05, 3.63) is 47.5 Å². The molecule has 0 spiro atoms. The predicted molar refractivity (Wildman–Crippen MR) is 110 cm³/mol. The molecule has 2 atom stereocenters. The lowest BCUT2D eigenvalue weighted by Gasteiger charge is -2.33. The molecule has 0 aliphatic rings. The summed E-state index contributed by atoms with van der Waals surface area (Å²) in [6.45, 7) is 0.304. The molecule has 29 heavy (non-hydrogen) atoms. The van der Waals surface area contributed by atoms with Crippen LogP contribution >= 0.6 is 0 Å². The van der Waals surface area contributed by atoms with E-state index < -0.39 is 5.54 Å². The number of phenolic OH excluding ortho intramolecular Hbond substituents is 1. The minimum absolute atomic E-state index is 0.0312. The summed E-state index contributed by atoms with van der Waals surface area (Å²) in [5.41, 5.74) is 7.11. The molecule has 0 aliphatic heterocycles. The van der Waals surface area contributed by atoms with Gasteiger partial charge in [0, 0.05) is 13.0 Å². The van der Waals surface area contributed by atoms with Gasteiger partial charge in [-0.05, 0) is 48.2 Å². The molecule has 2 unspecified atom stereocenters. The molecule has 0 fully saturated rings. The summed E-state index contributed by atoms with van der Waals surface area (Å²) in [7, 11) is 6.20. The van der Waals surface area contributed by atoms with Crippen molar-refractivity contribution in [1.29, 1.82) is 0 Å². The van der Waals surface area contributed by atoms with Gasteiger partial charge >= 0.3 is 0 Å². The van der Waals surface area contributed by atoms with Crippen molar-refractivity contribution in [3.8, 4) is 23.0 Å². The van der Waals surface area contributed by atoms with Gasteiger partial charge < -0.3 is 34.6 Å². The number of nitrogens with two attached hydrogens (primary N) is 1. The third-order valence-corrected chi connectivity index (χ3v) is 5.03. The second-order valence-corrected chi connectivity index (χ2v) is 6.96. The Labute approximate surface area is 171 Å². The Hall–Kier alpha value is -2.77. The van der Waals surface area contributed by atoms with Crippen molar-refractivity contribution in [2.75, 3.05) is 35.0 Å². The summed E-state index contributed by atoms with van der Waals surface area (Å²) < 4.78 is 21.2. The number of rotatable bonds is 11. The molecule has 2 rings (SSSR count). The molecular weight excluding hydrogens is 374 g/mol. The van der Waals surface area contributed by atoms with Crippen LogP contribution in [0.4, 0.5) is 0 Å². The second-order valence-electron chi connectivity index (χ2n) is 6.96. The van der Waals surface area contributed by atoms with E-state index in [4.69, 9.17) is 24.7 Å². The Morgan fingerprint density at radius 2 is 1.59 bits per heavy atom. The molecule has 0 saturated carbocycles. The second kappa shape index (κ2) is 10.1. The molecule has 2 aromatic rings. The summed E-state index contributed by atoms with van der Waals surface area (Å²) in [6, 6.07) is 10.5. The van der Waals surface area contributed by atoms with Crippen LogP contribution in [0.3, 0.4) is 0 Å². The molecule has 2 aromatic carbocycles. The maximum atomic E-state index is 12.1. The van der Waals surface area contributed by atoms with Gasteiger partial charge in [0.1, 0.15) is 6.29 Å². The van der Waals surface area contributed by atoms with Crippen LogP contribution in [0, 0.1) is 5.92 Å². The Morgan fingerprint density at radius 1 is 0.966 bits per heavy atom. The van der Waals surface area contributed by atoms with Crippen LogP contribution in [0.15, 0.2) is 36.4 Å². The van der Waals surface area contributed by atoms with E-state index in [1.165, 1.54) is 13.2 Å². The smallest absolute Gasteiger partial charge is 0.160 e. The summed E-state index contributed by atoms with van der Waals surface area (Å²) in [4.78, 5) is 12.1. The van der Waals surface area contributed by atoms with Gasteiger partial charge in [0.15, 0.2) is 23.0 Å². The van der Waals surface area contributed by atoms with Crippen LogP contribution in [-0.4, -0.2) is 52.0 Å². The Kier molecular flexibility index (Phi) is 7.87. The maximum Gasteiger partial charge on any atom is 0.160 e. The van der Waals surface area contributed by atoms with E-state index in [1.54, 1.807) is 33.5 Å². The molecule has 0 amide bonds. The number of phenols is 1. The lowest BCUT2D eigenvalue weighted by molar-refractivity contribution is -0.114. The molecule has 7 heteroatoms. The molecule has 7 nitrogen and oxygen atoms in total.